The molecule has 2 aromatic heterocycles. The van der Waals surface area contributed by atoms with Crippen molar-refractivity contribution in [3.05, 3.63) is 136 Å². The molecule has 44 heavy (non-hydrogen) atoms. The van der Waals surface area contributed by atoms with Gasteiger partial charge in [0.2, 0.25) is 0 Å². The first kappa shape index (κ1) is 27.4. The second-order valence-corrected chi connectivity index (χ2v) is 11.1. The number of hydrogen-bond acceptors (Lipinski definition) is 5. The highest BCUT2D eigenvalue weighted by Crippen LogP contribution is 2.32. The third-order valence-electron chi connectivity index (χ3n) is 8.50. The van der Waals surface area contributed by atoms with Gasteiger partial charge in [0.1, 0.15) is 11.2 Å². The fourth-order valence-electron chi connectivity index (χ4n) is 6.11. The summed E-state index contributed by atoms with van der Waals surface area (Å²) in [4.78, 5) is 28.7. The van der Waals surface area contributed by atoms with Crippen LogP contribution >= 0.6 is 0 Å². The van der Waals surface area contributed by atoms with E-state index >= 15 is 0 Å². The minimum atomic E-state index is -0.379. The summed E-state index contributed by atoms with van der Waals surface area (Å²) in [5, 5.41) is 3.74. The highest BCUT2D eigenvalue weighted by molar-refractivity contribution is 6.05. The van der Waals surface area contributed by atoms with E-state index in [9.17, 15) is 9.59 Å². The lowest BCUT2D eigenvalue weighted by molar-refractivity contribution is 0.563. The van der Waals surface area contributed by atoms with Crippen LogP contribution in [-0.4, -0.2) is 13.1 Å². The summed E-state index contributed by atoms with van der Waals surface area (Å²) in [5.74, 6) is 0. The zero-order valence-electron chi connectivity index (χ0n) is 24.9. The van der Waals surface area contributed by atoms with Crippen LogP contribution in [0.5, 0.6) is 0 Å². The van der Waals surface area contributed by atoms with Gasteiger partial charge in [0.05, 0.1) is 11.1 Å². The van der Waals surface area contributed by atoms with Crippen molar-refractivity contribution in [3.8, 4) is 33.4 Å². The number of fused-ring (bicyclic) bond motifs is 4. The van der Waals surface area contributed by atoms with Gasteiger partial charge in [-0.1, -0.05) is 66.7 Å². The monoisotopic (exact) mass is 577 g/mol. The average Bonchev–Trinajstić information content (AvgIpc) is 3.05. The first-order valence-electron chi connectivity index (χ1n) is 14.9. The Morgan fingerprint density at radius 3 is 1.84 bits per heavy atom. The molecule has 0 atom stereocenters. The van der Waals surface area contributed by atoms with Crippen molar-refractivity contribution in [2.24, 2.45) is 0 Å². The Labute approximate surface area is 254 Å². The summed E-state index contributed by atoms with van der Waals surface area (Å²) >= 11 is 0. The maximum absolute atomic E-state index is 13.3. The van der Waals surface area contributed by atoms with Crippen molar-refractivity contribution < 1.29 is 8.83 Å². The standard InChI is InChI=1S/C39H31NO4/c1-4-40(5-2)31-17-15-29-21-34(38(41)43-36(29)23-31)27-12-7-10-25(19-27)26-11-8-13-28(20-26)35-22-30-16-18-32-24(3)9-6-14-33(32)37(30)44-39(35)42/h6-23H,4-5H2,1-3H3. The molecule has 0 amide bonds. The molecule has 0 spiro atoms. The van der Waals surface area contributed by atoms with Gasteiger partial charge in [0.15, 0.2) is 0 Å². The predicted octanol–water partition coefficient (Wildman–Crippen LogP) is 9.21. The Bertz CT molecular complexity index is 2330. The minimum Gasteiger partial charge on any atom is -0.422 e. The van der Waals surface area contributed by atoms with Crippen LogP contribution in [0.15, 0.2) is 128 Å². The zero-order chi connectivity index (χ0) is 30.4. The van der Waals surface area contributed by atoms with Crippen molar-refractivity contribution in [1.82, 2.24) is 0 Å². The maximum atomic E-state index is 13.3. The van der Waals surface area contributed by atoms with E-state index < -0.39 is 0 Å². The van der Waals surface area contributed by atoms with Crippen molar-refractivity contribution >= 4 is 38.4 Å². The number of benzene rings is 5. The molecule has 2 heterocycles. The van der Waals surface area contributed by atoms with Gasteiger partial charge in [-0.25, -0.2) is 9.59 Å². The summed E-state index contributed by atoms with van der Waals surface area (Å²) < 4.78 is 11.7. The Morgan fingerprint density at radius 2 is 1.16 bits per heavy atom. The predicted molar refractivity (Wildman–Crippen MR) is 181 cm³/mol. The number of nitrogens with zero attached hydrogens (tertiary/aromatic N) is 1. The van der Waals surface area contributed by atoms with Crippen LogP contribution in [0.2, 0.25) is 0 Å². The minimum absolute atomic E-state index is 0.378. The molecule has 0 N–H and O–H groups in total. The van der Waals surface area contributed by atoms with E-state index in [1.54, 1.807) is 0 Å². The third kappa shape index (κ3) is 4.77. The lowest BCUT2D eigenvalue weighted by Crippen LogP contribution is -2.21. The molecule has 7 rings (SSSR count). The van der Waals surface area contributed by atoms with E-state index in [1.807, 2.05) is 91.0 Å². The Morgan fingerprint density at radius 1 is 0.568 bits per heavy atom. The molecule has 0 aliphatic carbocycles. The molecule has 7 aromatic rings. The fraction of sp³-hybridized carbons (Fsp3) is 0.128. The second-order valence-electron chi connectivity index (χ2n) is 11.1. The van der Waals surface area contributed by atoms with Crippen molar-refractivity contribution in [3.63, 3.8) is 0 Å². The molecule has 216 valence electrons. The molecule has 0 fully saturated rings. The molecule has 0 unspecified atom stereocenters. The first-order chi connectivity index (χ1) is 21.4. The van der Waals surface area contributed by atoms with Gasteiger partial charge in [0.25, 0.3) is 0 Å². The Hall–Kier alpha value is -5.42. The second kappa shape index (κ2) is 11.0. The molecule has 5 nitrogen and oxygen atoms in total. The van der Waals surface area contributed by atoms with E-state index in [0.717, 1.165) is 68.1 Å². The van der Waals surface area contributed by atoms with Gasteiger partial charge in [0, 0.05) is 41.0 Å². The third-order valence-corrected chi connectivity index (χ3v) is 8.50. The number of hydrogen-bond donors (Lipinski definition) is 0. The van der Waals surface area contributed by atoms with Gasteiger partial charge >= 0.3 is 11.3 Å². The molecule has 0 aliphatic rings. The van der Waals surface area contributed by atoms with Crippen molar-refractivity contribution in [1.29, 1.82) is 0 Å². The lowest BCUT2D eigenvalue weighted by atomic mass is 9.96. The SMILES string of the molecule is CCN(CC)c1ccc2cc(-c3cccc(-c4cccc(-c5cc6ccc7c(C)cccc7c6oc5=O)c4)c3)c(=O)oc2c1. The zero-order valence-corrected chi connectivity index (χ0v) is 24.9. The average molecular weight is 578 g/mol. The molecular weight excluding hydrogens is 546 g/mol. The topological polar surface area (TPSA) is 63.7 Å². The normalized spacial score (nSPS) is 11.4. The smallest absolute Gasteiger partial charge is 0.344 e. The number of anilines is 1. The molecule has 0 radical (unpaired) electrons. The van der Waals surface area contributed by atoms with E-state index in [0.29, 0.717) is 22.3 Å². The summed E-state index contributed by atoms with van der Waals surface area (Å²) in [6, 6.07) is 35.6. The summed E-state index contributed by atoms with van der Waals surface area (Å²) in [6.07, 6.45) is 0. The maximum Gasteiger partial charge on any atom is 0.344 e. The summed E-state index contributed by atoms with van der Waals surface area (Å²) in [5.41, 5.74) is 6.97. The summed E-state index contributed by atoms with van der Waals surface area (Å²) in [6.45, 7) is 8.02. The summed E-state index contributed by atoms with van der Waals surface area (Å²) in [7, 11) is 0. The quantitative estimate of drug-likeness (QED) is 0.146. The van der Waals surface area contributed by atoms with Gasteiger partial charge in [-0.2, -0.15) is 0 Å². The van der Waals surface area contributed by atoms with Crippen LogP contribution in [0.25, 0.3) is 66.1 Å². The Kier molecular flexibility index (Phi) is 6.86. The van der Waals surface area contributed by atoms with Crippen LogP contribution < -0.4 is 16.2 Å². The number of rotatable bonds is 6. The lowest BCUT2D eigenvalue weighted by Gasteiger charge is -2.21. The molecule has 5 heteroatoms. The van der Waals surface area contributed by atoms with Gasteiger partial charge < -0.3 is 13.7 Å². The van der Waals surface area contributed by atoms with Gasteiger partial charge in [-0.3, -0.25) is 0 Å². The van der Waals surface area contributed by atoms with E-state index in [2.05, 4.69) is 43.9 Å². The van der Waals surface area contributed by atoms with E-state index in [-0.39, 0.29) is 11.3 Å². The first-order valence-corrected chi connectivity index (χ1v) is 14.9. The van der Waals surface area contributed by atoms with Crippen LogP contribution in [0.4, 0.5) is 5.69 Å². The van der Waals surface area contributed by atoms with Crippen LogP contribution in [-0.2, 0) is 0 Å². The molecule has 0 aliphatic heterocycles. The van der Waals surface area contributed by atoms with Crippen molar-refractivity contribution in [2.45, 2.75) is 20.8 Å². The molecule has 0 saturated carbocycles. The van der Waals surface area contributed by atoms with Crippen LogP contribution in [0.1, 0.15) is 19.4 Å². The van der Waals surface area contributed by atoms with Crippen molar-refractivity contribution in [2.75, 3.05) is 18.0 Å². The Balaban J connectivity index is 1.27. The van der Waals surface area contributed by atoms with E-state index in [4.69, 9.17) is 8.83 Å². The van der Waals surface area contributed by atoms with Gasteiger partial charge in [-0.15, -0.1) is 0 Å². The van der Waals surface area contributed by atoms with Crippen LogP contribution in [0, 0.1) is 6.92 Å². The molecular formula is C39H31NO4. The fourth-order valence-corrected chi connectivity index (χ4v) is 6.11. The van der Waals surface area contributed by atoms with Gasteiger partial charge in [-0.05, 0) is 90.4 Å². The molecule has 0 saturated heterocycles. The number of aryl methyl sites for hydroxylation is 1. The molecule has 5 aromatic carbocycles. The highest BCUT2D eigenvalue weighted by Gasteiger charge is 2.14. The molecule has 0 bridgehead atoms. The van der Waals surface area contributed by atoms with E-state index in [1.165, 1.54) is 0 Å². The highest BCUT2D eigenvalue weighted by atomic mass is 16.4. The van der Waals surface area contributed by atoms with Crippen LogP contribution in [0.3, 0.4) is 0 Å². The largest absolute Gasteiger partial charge is 0.422 e.